The van der Waals surface area contributed by atoms with E-state index in [1.54, 1.807) is 0 Å². The van der Waals surface area contributed by atoms with Gasteiger partial charge in [-0.1, -0.05) is 213 Å². The summed E-state index contributed by atoms with van der Waals surface area (Å²) in [5.41, 5.74) is 0. The first kappa shape index (κ1) is 38.2. The van der Waals surface area contributed by atoms with Gasteiger partial charge in [-0.2, -0.15) is 0 Å². The zero-order valence-electron chi connectivity index (χ0n) is 27.0. The summed E-state index contributed by atoms with van der Waals surface area (Å²) in [6, 6.07) is 0. The van der Waals surface area contributed by atoms with Crippen LogP contribution in [-0.4, -0.2) is 12.5 Å². The molecule has 0 aliphatic rings. The zero-order chi connectivity index (χ0) is 28.3. The molecule has 0 aromatic heterocycles. The Kier molecular flexibility index (Phi) is 34.5. The first-order chi connectivity index (χ1) is 19.3. The van der Waals surface area contributed by atoms with Gasteiger partial charge in [-0.3, -0.25) is 4.79 Å². The summed E-state index contributed by atoms with van der Waals surface area (Å²) in [7, 11) is 0. The highest BCUT2D eigenvalue weighted by Crippen LogP contribution is 2.16. The molecule has 0 saturated carbocycles. The van der Waals surface area contributed by atoms with Gasteiger partial charge in [0.15, 0.2) is 0 Å². The first-order valence-corrected chi connectivity index (χ1v) is 18.2. The Bertz CT molecular complexity index is 474. The molecule has 0 saturated heterocycles. The maximum atomic E-state index is 11.1. The van der Waals surface area contributed by atoms with Gasteiger partial charge in [0.05, 0.1) is 0 Å². The molecule has 39 heavy (non-hydrogen) atoms. The van der Waals surface area contributed by atoms with Crippen LogP contribution in [0, 0.1) is 0 Å². The monoisotopic (exact) mass is 548 g/mol. The molecule has 1 N–H and O–H groups in total. The van der Waals surface area contributed by atoms with Crippen LogP contribution in [0.5, 0.6) is 0 Å². The van der Waals surface area contributed by atoms with Gasteiger partial charge in [0.2, 0.25) is 5.91 Å². The van der Waals surface area contributed by atoms with E-state index in [4.69, 9.17) is 0 Å². The Labute approximate surface area is 247 Å². The molecule has 2 nitrogen and oxygen atoms in total. The Morgan fingerprint density at radius 3 is 0.821 bits per heavy atom. The van der Waals surface area contributed by atoms with Crippen molar-refractivity contribution in [3.05, 3.63) is 12.7 Å². The van der Waals surface area contributed by atoms with Crippen molar-refractivity contribution in [2.75, 3.05) is 6.54 Å². The second-order valence-corrected chi connectivity index (χ2v) is 12.5. The van der Waals surface area contributed by atoms with E-state index in [1.807, 2.05) is 0 Å². The van der Waals surface area contributed by atoms with Crippen molar-refractivity contribution in [2.24, 2.45) is 0 Å². The summed E-state index contributed by atoms with van der Waals surface area (Å²) in [5.74, 6) is -0.0456. The summed E-state index contributed by atoms with van der Waals surface area (Å²) in [5, 5.41) is 2.85. The van der Waals surface area contributed by atoms with Gasteiger partial charge in [-0.25, -0.2) is 0 Å². The molecular formula is C37H73NO. The molecule has 0 rings (SSSR count). The molecule has 0 bridgehead atoms. The summed E-state index contributed by atoms with van der Waals surface area (Å²) in [6.45, 7) is 6.57. The van der Waals surface area contributed by atoms with E-state index in [0.29, 0.717) is 0 Å². The molecule has 0 aliphatic heterocycles. The SMILES string of the molecule is C=CC(=O)NCCCCCCCCCCCCCCCCCCCCCCCCCCCCCCCCCC. The van der Waals surface area contributed by atoms with Crippen LogP contribution in [0.25, 0.3) is 0 Å². The van der Waals surface area contributed by atoms with E-state index in [9.17, 15) is 4.79 Å². The normalized spacial score (nSPS) is 11.2. The highest BCUT2D eigenvalue weighted by molar-refractivity contribution is 5.86. The average molecular weight is 548 g/mol. The Morgan fingerprint density at radius 1 is 0.410 bits per heavy atom. The minimum absolute atomic E-state index is 0.0456. The third kappa shape index (κ3) is 35.2. The number of hydrogen-bond acceptors (Lipinski definition) is 1. The number of unbranched alkanes of at least 4 members (excludes halogenated alkanes) is 31. The molecule has 0 spiro atoms. The number of hydrogen-bond donors (Lipinski definition) is 1. The van der Waals surface area contributed by atoms with Gasteiger partial charge in [0, 0.05) is 6.54 Å². The first-order valence-electron chi connectivity index (χ1n) is 18.2. The Morgan fingerprint density at radius 2 is 0.615 bits per heavy atom. The van der Waals surface area contributed by atoms with E-state index < -0.39 is 0 Å². The number of carbonyl (C=O) groups is 1. The summed E-state index contributed by atoms with van der Waals surface area (Å²) in [6.07, 6.45) is 47.2. The lowest BCUT2D eigenvalue weighted by atomic mass is 10.0. The van der Waals surface area contributed by atoms with Crippen molar-refractivity contribution < 1.29 is 4.79 Å². The number of nitrogens with one attached hydrogen (secondary N) is 1. The number of rotatable bonds is 34. The van der Waals surface area contributed by atoms with Gasteiger partial charge < -0.3 is 5.32 Å². The number of carbonyl (C=O) groups excluding carboxylic acids is 1. The lowest BCUT2D eigenvalue weighted by Crippen LogP contribution is -2.21. The molecule has 0 radical (unpaired) electrons. The second kappa shape index (κ2) is 35.2. The van der Waals surface area contributed by atoms with Crippen LogP contribution < -0.4 is 5.32 Å². The molecular weight excluding hydrogens is 474 g/mol. The lowest BCUT2D eigenvalue weighted by Gasteiger charge is -2.05. The quantitative estimate of drug-likeness (QED) is 0.0630. The largest absolute Gasteiger partial charge is 0.353 e. The maximum Gasteiger partial charge on any atom is 0.243 e. The van der Waals surface area contributed by atoms with Crippen molar-refractivity contribution in [3.63, 3.8) is 0 Å². The molecule has 0 heterocycles. The fraction of sp³-hybridized carbons (Fsp3) is 0.919. The van der Waals surface area contributed by atoms with E-state index in [-0.39, 0.29) is 5.91 Å². The minimum atomic E-state index is -0.0456. The molecule has 0 fully saturated rings. The van der Waals surface area contributed by atoms with Crippen LogP contribution in [0.1, 0.15) is 212 Å². The van der Waals surface area contributed by atoms with E-state index in [0.717, 1.165) is 13.0 Å². The van der Waals surface area contributed by atoms with Gasteiger partial charge in [0.1, 0.15) is 0 Å². The summed E-state index contributed by atoms with van der Waals surface area (Å²) in [4.78, 5) is 11.1. The average Bonchev–Trinajstić information content (AvgIpc) is 2.95. The van der Waals surface area contributed by atoms with Crippen LogP contribution in [-0.2, 0) is 4.79 Å². The van der Waals surface area contributed by atoms with Crippen molar-refractivity contribution in [1.29, 1.82) is 0 Å². The van der Waals surface area contributed by atoms with E-state index in [2.05, 4.69) is 18.8 Å². The molecule has 0 aromatic rings. The predicted octanol–water partition coefficient (Wildman–Crippen LogP) is 12.8. The zero-order valence-corrected chi connectivity index (χ0v) is 27.0. The third-order valence-corrected chi connectivity index (χ3v) is 8.51. The van der Waals surface area contributed by atoms with Gasteiger partial charge in [0.25, 0.3) is 0 Å². The summed E-state index contributed by atoms with van der Waals surface area (Å²) >= 11 is 0. The molecule has 232 valence electrons. The highest BCUT2D eigenvalue weighted by Gasteiger charge is 1.97. The maximum absolute atomic E-state index is 11.1. The fourth-order valence-corrected chi connectivity index (χ4v) is 5.79. The van der Waals surface area contributed by atoms with Crippen molar-refractivity contribution in [1.82, 2.24) is 5.32 Å². The molecule has 0 aliphatic carbocycles. The van der Waals surface area contributed by atoms with Crippen LogP contribution in [0.4, 0.5) is 0 Å². The van der Waals surface area contributed by atoms with E-state index >= 15 is 0 Å². The number of amides is 1. The highest BCUT2D eigenvalue weighted by atomic mass is 16.1. The Balaban J connectivity index is 3.04. The fourth-order valence-electron chi connectivity index (χ4n) is 5.79. The smallest absolute Gasteiger partial charge is 0.243 e. The van der Waals surface area contributed by atoms with Crippen molar-refractivity contribution in [2.45, 2.75) is 212 Å². The van der Waals surface area contributed by atoms with Crippen LogP contribution >= 0.6 is 0 Å². The van der Waals surface area contributed by atoms with Crippen LogP contribution in [0.3, 0.4) is 0 Å². The standard InChI is InChI=1S/C37H73NO/c1-3-5-6-7-8-9-10-11-12-13-14-15-16-17-18-19-20-21-22-23-24-25-26-27-28-29-30-31-32-33-34-35-36-38-37(39)4-2/h4H,2-3,5-36H2,1H3,(H,38,39). The van der Waals surface area contributed by atoms with Crippen molar-refractivity contribution in [3.8, 4) is 0 Å². The third-order valence-electron chi connectivity index (χ3n) is 8.51. The molecule has 0 unspecified atom stereocenters. The topological polar surface area (TPSA) is 29.1 Å². The van der Waals surface area contributed by atoms with Crippen molar-refractivity contribution >= 4 is 5.91 Å². The van der Waals surface area contributed by atoms with Gasteiger partial charge in [-0.05, 0) is 12.5 Å². The van der Waals surface area contributed by atoms with Crippen LogP contribution in [0.15, 0.2) is 12.7 Å². The summed E-state index contributed by atoms with van der Waals surface area (Å²) < 4.78 is 0. The molecule has 1 amide bonds. The lowest BCUT2D eigenvalue weighted by molar-refractivity contribution is -0.116. The molecule has 2 heteroatoms. The van der Waals surface area contributed by atoms with E-state index in [1.165, 1.54) is 205 Å². The minimum Gasteiger partial charge on any atom is -0.353 e. The second-order valence-electron chi connectivity index (χ2n) is 12.5. The molecule has 0 atom stereocenters. The molecule has 0 aromatic carbocycles. The van der Waals surface area contributed by atoms with Gasteiger partial charge >= 0.3 is 0 Å². The van der Waals surface area contributed by atoms with Crippen LogP contribution in [0.2, 0.25) is 0 Å². The Hall–Kier alpha value is -0.790. The van der Waals surface area contributed by atoms with Gasteiger partial charge in [-0.15, -0.1) is 0 Å². The predicted molar refractivity (Wildman–Crippen MR) is 177 cm³/mol.